The van der Waals surface area contributed by atoms with Gasteiger partial charge in [0.05, 0.1) is 18.1 Å². The van der Waals surface area contributed by atoms with Crippen LogP contribution in [-0.4, -0.2) is 46.2 Å². The lowest BCUT2D eigenvalue weighted by Crippen LogP contribution is -2.37. The van der Waals surface area contributed by atoms with Gasteiger partial charge in [0.2, 0.25) is 11.6 Å². The first-order valence-electron chi connectivity index (χ1n) is 7.18. The maximum absolute atomic E-state index is 11.5. The molecule has 0 radical (unpaired) electrons. The third kappa shape index (κ3) is 3.34. The fourth-order valence-electron chi connectivity index (χ4n) is 2.37. The van der Waals surface area contributed by atoms with Crippen LogP contribution in [0.2, 0.25) is 0 Å². The second kappa shape index (κ2) is 6.53. The molecular formula is C14H16N6O3. The smallest absolute Gasteiger partial charge is 0.353 e. The molecule has 1 N–H and O–H groups in total. The van der Waals surface area contributed by atoms with Crippen LogP contribution in [0.5, 0.6) is 0 Å². The van der Waals surface area contributed by atoms with Crippen molar-refractivity contribution in [3.05, 3.63) is 40.3 Å². The van der Waals surface area contributed by atoms with Crippen LogP contribution in [0.15, 0.2) is 24.5 Å². The van der Waals surface area contributed by atoms with E-state index >= 15 is 0 Å². The topological polar surface area (TPSA) is 106 Å². The minimum atomic E-state index is -0.469. The molecule has 1 aliphatic rings. The van der Waals surface area contributed by atoms with Crippen LogP contribution in [0, 0.1) is 17.0 Å². The summed E-state index contributed by atoms with van der Waals surface area (Å²) in [5.74, 6) is 0.924. The number of morpholine rings is 1. The number of aromatic nitrogens is 3. The minimum Gasteiger partial charge on any atom is -0.378 e. The maximum Gasteiger partial charge on any atom is 0.353 e. The Bertz CT molecular complexity index is 717. The Morgan fingerprint density at radius 1 is 1.30 bits per heavy atom. The van der Waals surface area contributed by atoms with Gasteiger partial charge in [0, 0.05) is 18.8 Å². The zero-order chi connectivity index (χ0) is 16.2. The van der Waals surface area contributed by atoms with Crippen molar-refractivity contribution in [2.75, 3.05) is 36.5 Å². The van der Waals surface area contributed by atoms with E-state index in [9.17, 15) is 10.1 Å². The van der Waals surface area contributed by atoms with Gasteiger partial charge in [0.1, 0.15) is 12.1 Å². The van der Waals surface area contributed by atoms with Crippen molar-refractivity contribution in [3.8, 4) is 0 Å². The van der Waals surface area contributed by atoms with Crippen molar-refractivity contribution < 1.29 is 9.66 Å². The molecule has 0 spiro atoms. The zero-order valence-corrected chi connectivity index (χ0v) is 12.6. The number of rotatable bonds is 4. The van der Waals surface area contributed by atoms with E-state index < -0.39 is 4.92 Å². The molecule has 9 heteroatoms. The fourth-order valence-corrected chi connectivity index (χ4v) is 2.37. The zero-order valence-electron chi connectivity index (χ0n) is 12.6. The first kappa shape index (κ1) is 15.1. The predicted octanol–water partition coefficient (Wildman–Crippen LogP) is 1.67. The van der Waals surface area contributed by atoms with E-state index in [-0.39, 0.29) is 11.5 Å². The normalized spacial score (nSPS) is 14.6. The molecule has 120 valence electrons. The van der Waals surface area contributed by atoms with E-state index in [4.69, 9.17) is 4.74 Å². The molecule has 0 aromatic carbocycles. The van der Waals surface area contributed by atoms with E-state index in [1.54, 1.807) is 6.07 Å². The summed E-state index contributed by atoms with van der Waals surface area (Å²) >= 11 is 0. The summed E-state index contributed by atoms with van der Waals surface area (Å²) in [6.45, 7) is 3.99. The number of hydrogen-bond acceptors (Lipinski definition) is 8. The summed E-state index contributed by atoms with van der Waals surface area (Å²) in [5, 5.41) is 14.5. The largest absolute Gasteiger partial charge is 0.378 e. The fraction of sp³-hybridized carbons (Fsp3) is 0.357. The van der Waals surface area contributed by atoms with Gasteiger partial charge in [0.15, 0.2) is 0 Å². The number of pyridine rings is 1. The van der Waals surface area contributed by atoms with Gasteiger partial charge < -0.3 is 15.0 Å². The lowest BCUT2D eigenvalue weighted by atomic mass is 10.3. The standard InChI is InChI=1S/C14H16N6O3/c1-10-3-2-4-11(17-10)18-13-12(20(21)22)14(16-9-15-13)19-5-7-23-8-6-19/h2-4,9H,5-8H2,1H3,(H,15,16,17,18). The van der Waals surface area contributed by atoms with E-state index in [0.29, 0.717) is 37.9 Å². The molecule has 0 saturated carbocycles. The van der Waals surface area contributed by atoms with Crippen molar-refractivity contribution in [1.82, 2.24) is 15.0 Å². The van der Waals surface area contributed by atoms with Crippen molar-refractivity contribution in [1.29, 1.82) is 0 Å². The number of ether oxygens (including phenoxy) is 1. The maximum atomic E-state index is 11.5. The Labute approximate surface area is 132 Å². The number of nitro groups is 1. The van der Waals surface area contributed by atoms with Gasteiger partial charge >= 0.3 is 5.69 Å². The van der Waals surface area contributed by atoms with Gasteiger partial charge in [-0.1, -0.05) is 6.07 Å². The van der Waals surface area contributed by atoms with E-state index in [1.807, 2.05) is 24.0 Å². The number of aryl methyl sites for hydroxylation is 1. The van der Waals surface area contributed by atoms with Gasteiger partial charge in [0.25, 0.3) is 0 Å². The van der Waals surface area contributed by atoms with Gasteiger partial charge in [-0.2, -0.15) is 0 Å². The van der Waals surface area contributed by atoms with Crippen LogP contribution in [0.1, 0.15) is 5.69 Å². The summed E-state index contributed by atoms with van der Waals surface area (Å²) < 4.78 is 5.28. The lowest BCUT2D eigenvalue weighted by molar-refractivity contribution is -0.383. The highest BCUT2D eigenvalue weighted by Gasteiger charge is 2.28. The molecule has 23 heavy (non-hydrogen) atoms. The summed E-state index contributed by atoms with van der Waals surface area (Å²) in [5.41, 5.74) is 0.651. The molecule has 1 aliphatic heterocycles. The van der Waals surface area contributed by atoms with Crippen molar-refractivity contribution in [3.63, 3.8) is 0 Å². The van der Waals surface area contributed by atoms with Gasteiger partial charge in [-0.15, -0.1) is 0 Å². The third-order valence-electron chi connectivity index (χ3n) is 3.43. The molecule has 1 fully saturated rings. The van der Waals surface area contributed by atoms with E-state index in [0.717, 1.165) is 5.69 Å². The predicted molar refractivity (Wildman–Crippen MR) is 84.0 cm³/mol. The molecule has 0 amide bonds. The Morgan fingerprint density at radius 2 is 2.09 bits per heavy atom. The molecule has 2 aromatic rings. The van der Waals surface area contributed by atoms with Crippen LogP contribution < -0.4 is 10.2 Å². The molecular weight excluding hydrogens is 300 g/mol. The summed E-state index contributed by atoms with van der Waals surface area (Å²) in [6.07, 6.45) is 1.32. The van der Waals surface area contributed by atoms with Crippen LogP contribution in [-0.2, 0) is 4.74 Å². The van der Waals surface area contributed by atoms with Crippen molar-refractivity contribution in [2.45, 2.75) is 6.92 Å². The quantitative estimate of drug-likeness (QED) is 0.670. The van der Waals surface area contributed by atoms with Crippen LogP contribution in [0.4, 0.5) is 23.1 Å². The van der Waals surface area contributed by atoms with Crippen LogP contribution in [0.3, 0.4) is 0 Å². The monoisotopic (exact) mass is 316 g/mol. The molecule has 1 saturated heterocycles. The van der Waals surface area contributed by atoms with Gasteiger partial charge in [-0.05, 0) is 19.1 Å². The minimum absolute atomic E-state index is 0.129. The summed E-state index contributed by atoms with van der Waals surface area (Å²) in [4.78, 5) is 25.3. The second-order valence-corrected chi connectivity index (χ2v) is 5.04. The number of hydrogen-bond donors (Lipinski definition) is 1. The average molecular weight is 316 g/mol. The SMILES string of the molecule is Cc1cccc(Nc2ncnc(N3CCOCC3)c2[N+](=O)[O-])n1. The molecule has 3 heterocycles. The Balaban J connectivity index is 1.97. The van der Waals surface area contributed by atoms with E-state index in [2.05, 4.69) is 20.3 Å². The summed E-state index contributed by atoms with van der Waals surface area (Å²) in [6, 6.07) is 5.40. The van der Waals surface area contributed by atoms with Crippen molar-refractivity contribution >= 4 is 23.1 Å². The number of nitrogens with zero attached hydrogens (tertiary/aromatic N) is 5. The third-order valence-corrected chi connectivity index (χ3v) is 3.43. The highest BCUT2D eigenvalue weighted by atomic mass is 16.6. The molecule has 3 rings (SSSR count). The average Bonchev–Trinajstić information content (AvgIpc) is 2.55. The molecule has 2 aromatic heterocycles. The van der Waals surface area contributed by atoms with Crippen LogP contribution in [0.25, 0.3) is 0 Å². The van der Waals surface area contributed by atoms with Crippen LogP contribution >= 0.6 is 0 Å². The molecule has 0 bridgehead atoms. The highest BCUT2D eigenvalue weighted by Crippen LogP contribution is 2.33. The van der Waals surface area contributed by atoms with Gasteiger partial charge in [-0.25, -0.2) is 15.0 Å². The molecule has 0 unspecified atom stereocenters. The van der Waals surface area contributed by atoms with Crippen molar-refractivity contribution in [2.24, 2.45) is 0 Å². The van der Waals surface area contributed by atoms with Gasteiger partial charge in [-0.3, -0.25) is 10.1 Å². The molecule has 9 nitrogen and oxygen atoms in total. The number of nitrogens with one attached hydrogen (secondary N) is 1. The highest BCUT2D eigenvalue weighted by molar-refractivity contribution is 5.73. The Morgan fingerprint density at radius 3 is 2.78 bits per heavy atom. The Hall–Kier alpha value is -2.81. The summed E-state index contributed by atoms with van der Waals surface area (Å²) in [7, 11) is 0. The van der Waals surface area contributed by atoms with E-state index in [1.165, 1.54) is 6.33 Å². The Kier molecular flexibility index (Phi) is 4.29. The first-order valence-corrected chi connectivity index (χ1v) is 7.18. The number of anilines is 3. The molecule has 0 aliphatic carbocycles. The molecule has 0 atom stereocenters. The lowest BCUT2D eigenvalue weighted by Gasteiger charge is -2.27. The first-order chi connectivity index (χ1) is 11.1. The second-order valence-electron chi connectivity index (χ2n) is 5.04.